The molecule has 0 heterocycles. The SMILES string of the molecule is COc1ccc(N(CC(=O)N(Cc2ccc(Cl)cc2Cl)[C@@H](C)C(=O)NC2CCCCC2)S(=O)(=O)c2ccc(C)cc2)cc1Cl. The second kappa shape index (κ2) is 14.9. The zero-order chi connectivity index (χ0) is 32.0. The average molecular weight is 681 g/mol. The van der Waals surface area contributed by atoms with Gasteiger partial charge in [0.2, 0.25) is 11.8 Å². The van der Waals surface area contributed by atoms with Crippen LogP contribution in [-0.4, -0.2) is 50.9 Å². The number of hydrogen-bond donors (Lipinski definition) is 1. The summed E-state index contributed by atoms with van der Waals surface area (Å²) in [5, 5.41) is 4.00. The number of anilines is 1. The Kier molecular flexibility index (Phi) is 11.5. The second-order valence-electron chi connectivity index (χ2n) is 10.9. The van der Waals surface area contributed by atoms with Crippen LogP contribution in [0.1, 0.15) is 50.2 Å². The van der Waals surface area contributed by atoms with Crippen LogP contribution in [0.25, 0.3) is 0 Å². The summed E-state index contributed by atoms with van der Waals surface area (Å²) in [6.45, 7) is 2.82. The molecule has 0 bridgehead atoms. The molecule has 0 unspecified atom stereocenters. The van der Waals surface area contributed by atoms with Crippen molar-refractivity contribution in [1.29, 1.82) is 0 Å². The minimum Gasteiger partial charge on any atom is -0.495 e. The molecule has 1 atom stereocenters. The van der Waals surface area contributed by atoms with E-state index in [0.29, 0.717) is 21.4 Å². The number of aryl methyl sites for hydroxylation is 1. The van der Waals surface area contributed by atoms with Crippen LogP contribution >= 0.6 is 34.8 Å². The minimum atomic E-state index is -4.25. The molecule has 12 heteroatoms. The third-order valence-electron chi connectivity index (χ3n) is 7.79. The van der Waals surface area contributed by atoms with E-state index in [1.54, 1.807) is 37.3 Å². The fourth-order valence-corrected chi connectivity index (χ4v) is 7.29. The molecule has 44 heavy (non-hydrogen) atoms. The van der Waals surface area contributed by atoms with E-state index in [-0.39, 0.29) is 34.1 Å². The first kappa shape index (κ1) is 33.9. The van der Waals surface area contributed by atoms with E-state index in [4.69, 9.17) is 39.5 Å². The number of sulfonamides is 1. The Balaban J connectivity index is 1.72. The van der Waals surface area contributed by atoms with Crippen LogP contribution < -0.4 is 14.4 Å². The van der Waals surface area contributed by atoms with Crippen molar-refractivity contribution in [2.24, 2.45) is 0 Å². The van der Waals surface area contributed by atoms with Crippen molar-refractivity contribution in [3.8, 4) is 5.75 Å². The summed E-state index contributed by atoms with van der Waals surface area (Å²) in [5.74, 6) is -0.581. The lowest BCUT2D eigenvalue weighted by molar-refractivity contribution is -0.139. The predicted octanol–water partition coefficient (Wildman–Crippen LogP) is 7.03. The molecule has 3 aromatic carbocycles. The number of nitrogens with zero attached hydrogens (tertiary/aromatic N) is 2. The molecule has 2 amide bonds. The van der Waals surface area contributed by atoms with Gasteiger partial charge in [-0.15, -0.1) is 0 Å². The first-order valence-electron chi connectivity index (χ1n) is 14.4. The highest BCUT2D eigenvalue weighted by atomic mass is 35.5. The smallest absolute Gasteiger partial charge is 0.264 e. The van der Waals surface area contributed by atoms with Gasteiger partial charge in [0.1, 0.15) is 18.3 Å². The number of amides is 2. The highest BCUT2D eigenvalue weighted by Gasteiger charge is 2.34. The topological polar surface area (TPSA) is 96.0 Å². The van der Waals surface area contributed by atoms with Crippen molar-refractivity contribution < 1.29 is 22.7 Å². The lowest BCUT2D eigenvalue weighted by atomic mass is 9.95. The maximum Gasteiger partial charge on any atom is 0.264 e. The van der Waals surface area contributed by atoms with Gasteiger partial charge < -0.3 is 15.0 Å². The fraction of sp³-hybridized carbons (Fsp3) is 0.375. The summed E-state index contributed by atoms with van der Waals surface area (Å²) in [7, 11) is -2.80. The number of benzene rings is 3. The largest absolute Gasteiger partial charge is 0.495 e. The van der Waals surface area contributed by atoms with Crippen molar-refractivity contribution >= 4 is 62.3 Å². The molecular formula is C32H36Cl3N3O5S. The Morgan fingerprint density at radius 3 is 2.25 bits per heavy atom. The predicted molar refractivity (Wildman–Crippen MR) is 175 cm³/mol. The quantitative estimate of drug-likeness (QED) is 0.235. The van der Waals surface area contributed by atoms with Gasteiger partial charge in [-0.3, -0.25) is 13.9 Å². The minimum absolute atomic E-state index is 0.00164. The second-order valence-corrected chi connectivity index (χ2v) is 14.0. The number of carbonyl (C=O) groups excluding carboxylic acids is 2. The Bertz CT molecular complexity index is 1600. The molecule has 1 aliphatic carbocycles. The molecule has 1 N–H and O–H groups in total. The third-order valence-corrected chi connectivity index (χ3v) is 10.5. The Labute approximate surface area is 274 Å². The number of carbonyl (C=O) groups is 2. The standard InChI is InChI=1S/C32H36Cl3N3O5S/c1-21-9-14-27(15-10-21)44(41,42)38(26-13-16-30(43-3)29(35)18-26)20-31(39)37(19-23-11-12-24(33)17-28(23)34)22(2)32(40)36-25-7-5-4-6-8-25/h9-18,22,25H,4-8,19-20H2,1-3H3,(H,36,40)/t22-/m0/s1. The number of ether oxygens (including phenoxy) is 1. The van der Waals surface area contributed by atoms with Gasteiger partial charge in [-0.2, -0.15) is 0 Å². The number of nitrogens with one attached hydrogen (secondary N) is 1. The van der Waals surface area contributed by atoms with E-state index in [9.17, 15) is 18.0 Å². The van der Waals surface area contributed by atoms with E-state index >= 15 is 0 Å². The van der Waals surface area contributed by atoms with Crippen molar-refractivity contribution in [2.75, 3.05) is 18.0 Å². The van der Waals surface area contributed by atoms with Crippen molar-refractivity contribution in [3.05, 3.63) is 86.9 Å². The summed E-state index contributed by atoms with van der Waals surface area (Å²) in [5.41, 5.74) is 1.60. The number of rotatable bonds is 11. The lowest BCUT2D eigenvalue weighted by Crippen LogP contribution is -2.53. The van der Waals surface area contributed by atoms with Crippen LogP contribution in [0.5, 0.6) is 5.75 Å². The Hall–Kier alpha value is -2.98. The lowest BCUT2D eigenvalue weighted by Gasteiger charge is -2.33. The molecule has 0 aliphatic heterocycles. The van der Waals surface area contributed by atoms with Crippen LogP contribution in [0.2, 0.25) is 15.1 Å². The summed E-state index contributed by atoms with van der Waals surface area (Å²) in [4.78, 5) is 29.0. The molecule has 1 fully saturated rings. The van der Waals surface area contributed by atoms with Crippen molar-refractivity contribution in [2.45, 2.75) is 69.5 Å². The molecule has 1 aliphatic rings. The number of halogens is 3. The molecule has 1 saturated carbocycles. The molecule has 8 nitrogen and oxygen atoms in total. The van der Waals surface area contributed by atoms with Crippen LogP contribution in [-0.2, 0) is 26.2 Å². The van der Waals surface area contributed by atoms with Gasteiger partial charge in [0, 0.05) is 22.6 Å². The fourth-order valence-electron chi connectivity index (χ4n) is 5.16. The van der Waals surface area contributed by atoms with Crippen LogP contribution in [0, 0.1) is 6.92 Å². The monoisotopic (exact) mass is 679 g/mol. The van der Waals surface area contributed by atoms with E-state index in [0.717, 1.165) is 42.0 Å². The summed E-state index contributed by atoms with van der Waals surface area (Å²) < 4.78 is 34.3. The van der Waals surface area contributed by atoms with E-state index < -0.39 is 28.5 Å². The van der Waals surface area contributed by atoms with Crippen molar-refractivity contribution in [1.82, 2.24) is 10.2 Å². The first-order valence-corrected chi connectivity index (χ1v) is 16.9. The van der Waals surface area contributed by atoms with Gasteiger partial charge in [0.05, 0.1) is 22.7 Å². The maximum atomic E-state index is 14.2. The highest BCUT2D eigenvalue weighted by molar-refractivity contribution is 7.92. The molecule has 4 rings (SSSR count). The number of hydrogen-bond acceptors (Lipinski definition) is 5. The van der Waals surface area contributed by atoms with Gasteiger partial charge >= 0.3 is 0 Å². The van der Waals surface area contributed by atoms with Gasteiger partial charge in [-0.25, -0.2) is 8.42 Å². The molecule has 3 aromatic rings. The maximum absolute atomic E-state index is 14.2. The van der Waals surface area contributed by atoms with Crippen LogP contribution in [0.15, 0.2) is 65.6 Å². The first-order chi connectivity index (χ1) is 20.9. The zero-order valence-corrected chi connectivity index (χ0v) is 27.9. The Morgan fingerprint density at radius 2 is 1.64 bits per heavy atom. The summed E-state index contributed by atoms with van der Waals surface area (Å²) in [6, 6.07) is 14.8. The summed E-state index contributed by atoms with van der Waals surface area (Å²) in [6.07, 6.45) is 4.92. The van der Waals surface area contributed by atoms with Gasteiger partial charge in [-0.05, 0) is 74.7 Å². The molecule has 236 valence electrons. The summed E-state index contributed by atoms with van der Waals surface area (Å²) >= 11 is 19.0. The highest BCUT2D eigenvalue weighted by Crippen LogP contribution is 2.32. The average Bonchev–Trinajstić information content (AvgIpc) is 2.99. The van der Waals surface area contributed by atoms with Gasteiger partial charge in [0.15, 0.2) is 0 Å². The number of methoxy groups -OCH3 is 1. The van der Waals surface area contributed by atoms with Crippen LogP contribution in [0.3, 0.4) is 0 Å². The van der Waals surface area contributed by atoms with E-state index in [2.05, 4.69) is 5.32 Å². The van der Waals surface area contributed by atoms with E-state index in [1.807, 2.05) is 6.92 Å². The molecular weight excluding hydrogens is 645 g/mol. The zero-order valence-electron chi connectivity index (χ0n) is 24.9. The molecule has 0 radical (unpaired) electrons. The normalized spacial score (nSPS) is 14.5. The van der Waals surface area contributed by atoms with E-state index in [1.165, 1.54) is 42.3 Å². The molecule has 0 spiro atoms. The molecule has 0 saturated heterocycles. The van der Waals surface area contributed by atoms with Crippen LogP contribution in [0.4, 0.5) is 5.69 Å². The Morgan fingerprint density at radius 1 is 0.955 bits per heavy atom. The third kappa shape index (κ3) is 8.18. The van der Waals surface area contributed by atoms with Gasteiger partial charge in [0.25, 0.3) is 10.0 Å². The van der Waals surface area contributed by atoms with Gasteiger partial charge in [-0.1, -0.05) is 77.8 Å². The van der Waals surface area contributed by atoms with Crippen molar-refractivity contribution in [3.63, 3.8) is 0 Å². The molecule has 0 aromatic heterocycles.